The first kappa shape index (κ1) is 26.4. The lowest BCUT2D eigenvalue weighted by Crippen LogP contribution is -2.22. The third kappa shape index (κ3) is 5.87. The molecule has 0 unspecified atom stereocenters. The molecule has 190 valence electrons. The van der Waals surface area contributed by atoms with E-state index in [1.807, 2.05) is 19.1 Å². The maximum atomic E-state index is 13.4. The van der Waals surface area contributed by atoms with Crippen molar-refractivity contribution in [3.8, 4) is 5.75 Å². The minimum atomic E-state index is -0.592. The van der Waals surface area contributed by atoms with Crippen molar-refractivity contribution in [1.82, 2.24) is 4.57 Å². The fourth-order valence-corrected chi connectivity index (χ4v) is 4.43. The molecule has 1 aromatic heterocycles. The molecule has 7 nitrogen and oxygen atoms in total. The SMILES string of the molecule is COc1ccc2c(c1)c(CC(=O)OCC(=O)Nc1ccc(Br)c(C)c1)c(C)n2C(=O)c1ccc(Cl)cc1. The highest BCUT2D eigenvalue weighted by Gasteiger charge is 2.23. The van der Waals surface area contributed by atoms with E-state index in [4.69, 9.17) is 21.1 Å². The first-order valence-electron chi connectivity index (χ1n) is 11.4. The summed E-state index contributed by atoms with van der Waals surface area (Å²) >= 11 is 9.40. The van der Waals surface area contributed by atoms with E-state index in [9.17, 15) is 14.4 Å². The Balaban J connectivity index is 1.55. The van der Waals surface area contributed by atoms with Crippen LogP contribution in [-0.2, 0) is 20.7 Å². The monoisotopic (exact) mass is 582 g/mol. The first-order chi connectivity index (χ1) is 17.7. The number of rotatable bonds is 7. The molecule has 1 N–H and O–H groups in total. The van der Waals surface area contributed by atoms with Crippen LogP contribution in [-0.4, -0.2) is 36.1 Å². The zero-order chi connectivity index (χ0) is 26.7. The highest BCUT2D eigenvalue weighted by atomic mass is 79.9. The summed E-state index contributed by atoms with van der Waals surface area (Å²) < 4.78 is 13.1. The Morgan fingerprint density at radius 2 is 1.73 bits per heavy atom. The van der Waals surface area contributed by atoms with Crippen molar-refractivity contribution in [3.05, 3.63) is 92.5 Å². The molecule has 0 saturated heterocycles. The van der Waals surface area contributed by atoms with Crippen LogP contribution in [0.1, 0.15) is 27.2 Å². The summed E-state index contributed by atoms with van der Waals surface area (Å²) in [6.45, 7) is 3.25. The number of nitrogens with zero attached hydrogens (tertiary/aromatic N) is 1. The van der Waals surface area contributed by atoms with Crippen LogP contribution in [0.4, 0.5) is 5.69 Å². The number of aryl methyl sites for hydroxylation is 1. The van der Waals surface area contributed by atoms with Crippen LogP contribution in [0.5, 0.6) is 5.75 Å². The Hall–Kier alpha value is -3.62. The number of nitrogens with one attached hydrogen (secondary N) is 1. The molecule has 4 rings (SSSR count). The third-order valence-electron chi connectivity index (χ3n) is 5.96. The van der Waals surface area contributed by atoms with Gasteiger partial charge in [-0.1, -0.05) is 27.5 Å². The van der Waals surface area contributed by atoms with Crippen LogP contribution in [0.2, 0.25) is 5.02 Å². The van der Waals surface area contributed by atoms with Gasteiger partial charge in [0.15, 0.2) is 6.61 Å². The average Bonchev–Trinajstić information content (AvgIpc) is 3.15. The van der Waals surface area contributed by atoms with Crippen LogP contribution in [0.15, 0.2) is 65.1 Å². The summed E-state index contributed by atoms with van der Waals surface area (Å²) in [7, 11) is 1.54. The zero-order valence-corrected chi connectivity index (χ0v) is 22.8. The van der Waals surface area contributed by atoms with Crippen molar-refractivity contribution in [2.75, 3.05) is 19.0 Å². The van der Waals surface area contributed by atoms with Gasteiger partial charge in [-0.3, -0.25) is 19.0 Å². The van der Waals surface area contributed by atoms with Gasteiger partial charge in [-0.25, -0.2) is 0 Å². The van der Waals surface area contributed by atoms with Gasteiger partial charge in [0.25, 0.3) is 11.8 Å². The van der Waals surface area contributed by atoms with Crippen molar-refractivity contribution in [2.45, 2.75) is 20.3 Å². The van der Waals surface area contributed by atoms with Crippen LogP contribution < -0.4 is 10.1 Å². The number of hydrogen-bond acceptors (Lipinski definition) is 5. The molecule has 1 amide bonds. The second-order valence-electron chi connectivity index (χ2n) is 8.44. The summed E-state index contributed by atoms with van der Waals surface area (Å²) in [5.74, 6) is -0.713. The minimum Gasteiger partial charge on any atom is -0.497 e. The van der Waals surface area contributed by atoms with Gasteiger partial charge >= 0.3 is 5.97 Å². The number of aromatic nitrogens is 1. The summed E-state index contributed by atoms with van der Waals surface area (Å²) in [6.07, 6.45) is -0.124. The van der Waals surface area contributed by atoms with Crippen molar-refractivity contribution in [3.63, 3.8) is 0 Å². The molecule has 0 saturated carbocycles. The Kier molecular flexibility index (Phi) is 8.00. The van der Waals surface area contributed by atoms with Crippen molar-refractivity contribution in [1.29, 1.82) is 0 Å². The van der Waals surface area contributed by atoms with Crippen molar-refractivity contribution >= 4 is 61.9 Å². The Morgan fingerprint density at radius 3 is 2.41 bits per heavy atom. The topological polar surface area (TPSA) is 86.6 Å². The number of halogens is 2. The van der Waals surface area contributed by atoms with E-state index in [2.05, 4.69) is 21.2 Å². The predicted octanol–water partition coefficient (Wildman–Crippen LogP) is 6.10. The van der Waals surface area contributed by atoms with Gasteiger partial charge in [0, 0.05) is 31.8 Å². The lowest BCUT2D eigenvalue weighted by Gasteiger charge is -2.09. The van der Waals surface area contributed by atoms with E-state index in [0.717, 1.165) is 10.0 Å². The number of amides is 1. The minimum absolute atomic E-state index is 0.124. The van der Waals surface area contributed by atoms with Crippen molar-refractivity contribution < 1.29 is 23.9 Å². The van der Waals surface area contributed by atoms with Gasteiger partial charge in [0.05, 0.1) is 19.0 Å². The highest BCUT2D eigenvalue weighted by Crippen LogP contribution is 2.31. The number of ether oxygens (including phenoxy) is 2. The summed E-state index contributed by atoms with van der Waals surface area (Å²) in [4.78, 5) is 38.5. The molecule has 0 fully saturated rings. The molecule has 0 spiro atoms. The number of carbonyl (C=O) groups is 3. The maximum absolute atomic E-state index is 13.4. The fraction of sp³-hybridized carbons (Fsp3) is 0.179. The molecular formula is C28H24BrClN2O5. The van der Waals surface area contributed by atoms with Gasteiger partial charge in [0.2, 0.25) is 0 Å². The van der Waals surface area contributed by atoms with E-state index in [1.54, 1.807) is 67.1 Å². The van der Waals surface area contributed by atoms with Crippen LogP contribution >= 0.6 is 27.5 Å². The molecule has 0 radical (unpaired) electrons. The predicted molar refractivity (Wildman–Crippen MR) is 147 cm³/mol. The molecule has 0 aliphatic heterocycles. The number of benzene rings is 3. The lowest BCUT2D eigenvalue weighted by atomic mass is 10.1. The maximum Gasteiger partial charge on any atom is 0.310 e. The number of methoxy groups -OCH3 is 1. The van der Waals surface area contributed by atoms with Crippen molar-refractivity contribution in [2.24, 2.45) is 0 Å². The molecule has 3 aromatic carbocycles. The molecule has 0 aliphatic carbocycles. The molecule has 0 bridgehead atoms. The third-order valence-corrected chi connectivity index (χ3v) is 7.10. The van der Waals surface area contributed by atoms with Gasteiger partial charge in [-0.2, -0.15) is 0 Å². The van der Waals surface area contributed by atoms with E-state index in [-0.39, 0.29) is 12.3 Å². The lowest BCUT2D eigenvalue weighted by molar-refractivity contribution is -0.146. The number of hydrogen-bond donors (Lipinski definition) is 1. The van der Waals surface area contributed by atoms with Gasteiger partial charge in [-0.15, -0.1) is 0 Å². The number of anilines is 1. The molecule has 0 atom stereocenters. The summed E-state index contributed by atoms with van der Waals surface area (Å²) in [5, 5.41) is 3.93. The van der Waals surface area contributed by atoms with E-state index < -0.39 is 18.5 Å². The second kappa shape index (κ2) is 11.2. The Labute approximate surface area is 227 Å². The van der Waals surface area contributed by atoms with E-state index in [0.29, 0.717) is 44.2 Å². The fourth-order valence-electron chi connectivity index (χ4n) is 4.06. The van der Waals surface area contributed by atoms with Gasteiger partial charge in [-0.05, 0) is 85.6 Å². The van der Waals surface area contributed by atoms with Crippen LogP contribution in [0.25, 0.3) is 10.9 Å². The van der Waals surface area contributed by atoms with E-state index >= 15 is 0 Å². The molecule has 4 aromatic rings. The van der Waals surface area contributed by atoms with Crippen LogP contribution in [0.3, 0.4) is 0 Å². The normalized spacial score (nSPS) is 10.8. The smallest absolute Gasteiger partial charge is 0.310 e. The second-order valence-corrected chi connectivity index (χ2v) is 9.73. The molecular weight excluding hydrogens is 560 g/mol. The largest absolute Gasteiger partial charge is 0.497 e. The zero-order valence-electron chi connectivity index (χ0n) is 20.4. The Bertz CT molecular complexity index is 1510. The average molecular weight is 584 g/mol. The highest BCUT2D eigenvalue weighted by molar-refractivity contribution is 9.10. The summed E-state index contributed by atoms with van der Waals surface area (Å²) in [6, 6.07) is 17.3. The molecule has 1 heterocycles. The quantitative estimate of drug-likeness (QED) is 0.266. The molecule has 9 heteroatoms. The molecule has 37 heavy (non-hydrogen) atoms. The van der Waals surface area contributed by atoms with Crippen LogP contribution in [0, 0.1) is 13.8 Å². The first-order valence-corrected chi connectivity index (χ1v) is 12.5. The Morgan fingerprint density at radius 1 is 1.00 bits per heavy atom. The number of fused-ring (bicyclic) bond motifs is 1. The molecule has 0 aliphatic rings. The number of carbonyl (C=O) groups excluding carboxylic acids is 3. The van der Waals surface area contributed by atoms with Gasteiger partial charge in [0.1, 0.15) is 5.75 Å². The summed E-state index contributed by atoms with van der Waals surface area (Å²) in [5.41, 5.74) is 3.86. The van der Waals surface area contributed by atoms with Gasteiger partial charge < -0.3 is 14.8 Å². The number of esters is 1. The van der Waals surface area contributed by atoms with E-state index in [1.165, 1.54) is 0 Å². The standard InChI is InChI=1S/C28H24BrClN2O5/c1-16-12-20(8-10-24(16)29)31-26(33)15-37-27(34)14-22-17(2)32(25-11-9-21(36-3)13-23(22)25)28(35)18-4-6-19(30)7-5-18/h4-13H,14-15H2,1-3H3,(H,31,33).